The van der Waals surface area contributed by atoms with Crippen molar-refractivity contribution < 1.29 is 4.79 Å². The zero-order chi connectivity index (χ0) is 19.3. The van der Waals surface area contributed by atoms with Crippen molar-refractivity contribution in [1.82, 2.24) is 20.5 Å². The maximum absolute atomic E-state index is 12.7. The van der Waals surface area contributed by atoms with Crippen LogP contribution in [0.5, 0.6) is 0 Å². The van der Waals surface area contributed by atoms with Gasteiger partial charge >= 0.3 is 0 Å². The van der Waals surface area contributed by atoms with E-state index in [9.17, 15) is 4.79 Å². The molecule has 0 spiro atoms. The molecule has 1 saturated heterocycles. The average Bonchev–Trinajstić information content (AvgIpc) is 2.76. The minimum atomic E-state index is 0.120. The lowest BCUT2D eigenvalue weighted by molar-refractivity contribution is -0.126. The van der Waals surface area contributed by atoms with Crippen LogP contribution in [0.1, 0.15) is 45.4 Å². The molecule has 28 heavy (non-hydrogen) atoms. The van der Waals surface area contributed by atoms with E-state index in [4.69, 9.17) is 0 Å². The van der Waals surface area contributed by atoms with Crippen LogP contribution in [0.4, 0.5) is 5.82 Å². The van der Waals surface area contributed by atoms with Crippen LogP contribution in [-0.2, 0) is 4.79 Å². The highest BCUT2D eigenvalue weighted by molar-refractivity contribution is 5.79. The normalized spacial score (nSPS) is 23.4. The number of anilines is 1. The Morgan fingerprint density at radius 3 is 2.43 bits per heavy atom. The number of nitrogens with one attached hydrogen (secondary N) is 1. The summed E-state index contributed by atoms with van der Waals surface area (Å²) in [6, 6.07) is 8.25. The van der Waals surface area contributed by atoms with Gasteiger partial charge in [0, 0.05) is 43.0 Å². The number of aromatic nitrogens is 3. The molecule has 2 aliphatic rings. The molecule has 2 aromatic heterocycles. The number of amides is 1. The van der Waals surface area contributed by atoms with Gasteiger partial charge in [0.2, 0.25) is 5.91 Å². The number of carbonyl (C=O) groups excluding carboxylic acids is 1. The van der Waals surface area contributed by atoms with Gasteiger partial charge in [-0.1, -0.05) is 19.8 Å². The molecule has 1 aliphatic heterocycles. The summed E-state index contributed by atoms with van der Waals surface area (Å²) >= 11 is 0. The van der Waals surface area contributed by atoms with E-state index in [0.717, 1.165) is 49.4 Å². The molecule has 2 unspecified atom stereocenters. The third-order valence-electron chi connectivity index (χ3n) is 6.26. The Morgan fingerprint density at radius 2 is 1.75 bits per heavy atom. The van der Waals surface area contributed by atoms with E-state index in [1.54, 1.807) is 12.4 Å². The predicted octanol–water partition coefficient (Wildman–Crippen LogP) is 3.45. The highest BCUT2D eigenvalue weighted by Gasteiger charge is 2.29. The van der Waals surface area contributed by atoms with E-state index < -0.39 is 0 Å². The van der Waals surface area contributed by atoms with Gasteiger partial charge in [-0.05, 0) is 55.9 Å². The van der Waals surface area contributed by atoms with Gasteiger partial charge in [-0.15, -0.1) is 10.2 Å². The van der Waals surface area contributed by atoms with Crippen molar-refractivity contribution in [3.05, 3.63) is 36.7 Å². The number of pyridine rings is 1. The number of carbonyl (C=O) groups is 1. The number of rotatable bonds is 4. The van der Waals surface area contributed by atoms with E-state index in [2.05, 4.69) is 32.3 Å². The van der Waals surface area contributed by atoms with E-state index in [-0.39, 0.29) is 11.8 Å². The predicted molar refractivity (Wildman–Crippen MR) is 110 cm³/mol. The van der Waals surface area contributed by atoms with E-state index in [0.29, 0.717) is 12.0 Å². The largest absolute Gasteiger partial charge is 0.355 e. The second kappa shape index (κ2) is 8.67. The number of nitrogens with zero attached hydrogens (tertiary/aromatic N) is 4. The molecular formula is C22H29N5O. The van der Waals surface area contributed by atoms with Gasteiger partial charge in [-0.3, -0.25) is 9.78 Å². The monoisotopic (exact) mass is 379 g/mol. The molecule has 6 heteroatoms. The Hall–Kier alpha value is -2.50. The maximum Gasteiger partial charge on any atom is 0.223 e. The van der Waals surface area contributed by atoms with Crippen molar-refractivity contribution in [3.8, 4) is 11.3 Å². The number of piperidine rings is 1. The molecule has 1 saturated carbocycles. The Bertz CT molecular complexity index is 771. The molecule has 0 radical (unpaired) electrons. The standard InChI is InChI=1S/C22H29N5O/c1-16-4-2-3-5-19(16)24-22(28)18-10-14-27(15-11-18)21-7-6-20(25-26-21)17-8-12-23-13-9-17/h6-9,12-13,16,18-19H,2-5,10-11,14-15H2,1H3,(H,24,28). The van der Waals surface area contributed by atoms with Crippen LogP contribution in [0, 0.1) is 11.8 Å². The lowest BCUT2D eigenvalue weighted by Gasteiger charge is -2.34. The molecule has 1 aliphatic carbocycles. The topological polar surface area (TPSA) is 71.0 Å². The molecule has 3 heterocycles. The highest BCUT2D eigenvalue weighted by Crippen LogP contribution is 2.26. The molecule has 148 valence electrons. The fourth-order valence-electron chi connectivity index (χ4n) is 4.37. The van der Waals surface area contributed by atoms with Crippen LogP contribution >= 0.6 is 0 Å². The second-order valence-corrected chi connectivity index (χ2v) is 8.15. The van der Waals surface area contributed by atoms with Gasteiger partial charge in [-0.25, -0.2) is 0 Å². The summed E-state index contributed by atoms with van der Waals surface area (Å²) in [6.45, 7) is 3.96. The Balaban J connectivity index is 1.30. The Labute approximate surface area is 166 Å². The van der Waals surface area contributed by atoms with Crippen LogP contribution in [-0.4, -0.2) is 40.2 Å². The summed E-state index contributed by atoms with van der Waals surface area (Å²) in [5.74, 6) is 1.86. The van der Waals surface area contributed by atoms with Gasteiger partial charge < -0.3 is 10.2 Å². The van der Waals surface area contributed by atoms with Crippen molar-refractivity contribution in [2.75, 3.05) is 18.0 Å². The third kappa shape index (κ3) is 4.32. The van der Waals surface area contributed by atoms with Gasteiger partial charge in [-0.2, -0.15) is 0 Å². The minimum Gasteiger partial charge on any atom is -0.355 e. The van der Waals surface area contributed by atoms with Crippen LogP contribution < -0.4 is 10.2 Å². The van der Waals surface area contributed by atoms with E-state index in [1.165, 1.54) is 19.3 Å². The lowest BCUT2D eigenvalue weighted by Crippen LogP contribution is -2.46. The summed E-state index contributed by atoms with van der Waals surface area (Å²) in [5.41, 5.74) is 1.86. The average molecular weight is 380 g/mol. The molecule has 0 aromatic carbocycles. The van der Waals surface area contributed by atoms with Crippen molar-refractivity contribution in [2.45, 2.75) is 51.5 Å². The van der Waals surface area contributed by atoms with Crippen LogP contribution in [0.3, 0.4) is 0 Å². The van der Waals surface area contributed by atoms with Gasteiger partial charge in [0.25, 0.3) is 0 Å². The molecular weight excluding hydrogens is 350 g/mol. The highest BCUT2D eigenvalue weighted by atomic mass is 16.2. The summed E-state index contributed by atoms with van der Waals surface area (Å²) in [7, 11) is 0. The number of hydrogen-bond acceptors (Lipinski definition) is 5. The van der Waals surface area contributed by atoms with Crippen LogP contribution in [0.2, 0.25) is 0 Å². The Morgan fingerprint density at radius 1 is 1.00 bits per heavy atom. The van der Waals surface area contributed by atoms with Crippen LogP contribution in [0.25, 0.3) is 11.3 Å². The molecule has 1 N–H and O–H groups in total. The van der Waals surface area contributed by atoms with Gasteiger partial charge in [0.15, 0.2) is 5.82 Å². The zero-order valence-corrected chi connectivity index (χ0v) is 16.6. The van der Waals surface area contributed by atoms with Gasteiger partial charge in [0.1, 0.15) is 0 Å². The first-order valence-electron chi connectivity index (χ1n) is 10.5. The quantitative estimate of drug-likeness (QED) is 0.881. The van der Waals surface area contributed by atoms with Gasteiger partial charge in [0.05, 0.1) is 5.69 Å². The zero-order valence-electron chi connectivity index (χ0n) is 16.6. The van der Waals surface area contributed by atoms with Crippen molar-refractivity contribution in [1.29, 1.82) is 0 Å². The van der Waals surface area contributed by atoms with Crippen molar-refractivity contribution >= 4 is 11.7 Å². The molecule has 2 fully saturated rings. The van der Waals surface area contributed by atoms with E-state index >= 15 is 0 Å². The third-order valence-corrected chi connectivity index (χ3v) is 6.26. The minimum absolute atomic E-state index is 0.120. The Kier molecular flexibility index (Phi) is 5.84. The molecule has 2 atom stereocenters. The summed E-state index contributed by atoms with van der Waals surface area (Å²) < 4.78 is 0. The maximum atomic E-state index is 12.7. The van der Waals surface area contributed by atoms with E-state index in [1.807, 2.05) is 24.3 Å². The molecule has 1 amide bonds. The summed E-state index contributed by atoms with van der Waals surface area (Å²) in [4.78, 5) is 19.0. The molecule has 2 aromatic rings. The fourth-order valence-corrected chi connectivity index (χ4v) is 4.37. The lowest BCUT2D eigenvalue weighted by atomic mass is 9.85. The summed E-state index contributed by atoms with van der Waals surface area (Å²) in [5, 5.41) is 12.1. The first-order chi connectivity index (χ1) is 13.7. The SMILES string of the molecule is CC1CCCCC1NC(=O)C1CCN(c2ccc(-c3ccncc3)nn2)CC1. The first-order valence-corrected chi connectivity index (χ1v) is 10.5. The van der Waals surface area contributed by atoms with Crippen molar-refractivity contribution in [2.24, 2.45) is 11.8 Å². The van der Waals surface area contributed by atoms with Crippen LogP contribution in [0.15, 0.2) is 36.7 Å². The second-order valence-electron chi connectivity index (χ2n) is 8.15. The smallest absolute Gasteiger partial charge is 0.223 e. The van der Waals surface area contributed by atoms with Crippen molar-refractivity contribution in [3.63, 3.8) is 0 Å². The summed E-state index contributed by atoms with van der Waals surface area (Å²) in [6.07, 6.45) is 10.2. The molecule has 0 bridgehead atoms. The first kappa shape index (κ1) is 18.8. The number of hydrogen-bond donors (Lipinski definition) is 1. The molecule has 6 nitrogen and oxygen atoms in total. The molecule has 4 rings (SSSR count). The fraction of sp³-hybridized carbons (Fsp3) is 0.545.